The molecule has 0 radical (unpaired) electrons. The Bertz CT molecular complexity index is 382. The van der Waals surface area contributed by atoms with Crippen LogP contribution >= 0.6 is 0 Å². The average Bonchev–Trinajstić information content (AvgIpc) is 2.27. The second-order valence-electron chi connectivity index (χ2n) is 5.85. The molecular weight excluding hydrogens is 224 g/mol. The molecule has 4 nitrogen and oxygen atoms in total. The average molecular weight is 250 g/mol. The number of anilines is 2. The van der Waals surface area contributed by atoms with Gasteiger partial charge in [0.05, 0.1) is 0 Å². The fraction of sp³-hybridized carbons (Fsp3) is 0.714. The minimum atomic E-state index is -0.0750. The first-order valence-electron chi connectivity index (χ1n) is 6.70. The van der Waals surface area contributed by atoms with Crippen molar-refractivity contribution in [3.63, 3.8) is 0 Å². The molecule has 102 valence electrons. The van der Waals surface area contributed by atoms with Gasteiger partial charge < -0.3 is 10.6 Å². The third-order valence-electron chi connectivity index (χ3n) is 2.89. The predicted octanol–water partition coefficient (Wildman–Crippen LogP) is 2.98. The monoisotopic (exact) mass is 250 g/mol. The molecule has 0 fully saturated rings. The number of nitrogen functional groups attached to an aromatic ring is 1. The molecule has 0 aliphatic heterocycles. The SMILES string of the molecule is CCCCCN(C)c1cc(N)nc(C(C)(C)C)n1. The molecule has 4 heteroatoms. The maximum absolute atomic E-state index is 5.87. The normalized spacial score (nSPS) is 11.6. The van der Waals surface area contributed by atoms with E-state index in [9.17, 15) is 0 Å². The largest absolute Gasteiger partial charge is 0.384 e. The molecule has 18 heavy (non-hydrogen) atoms. The lowest BCUT2D eigenvalue weighted by Crippen LogP contribution is -2.23. The van der Waals surface area contributed by atoms with Crippen molar-refractivity contribution < 1.29 is 0 Å². The van der Waals surface area contributed by atoms with Crippen LogP contribution in [0.4, 0.5) is 11.6 Å². The molecule has 0 unspecified atom stereocenters. The fourth-order valence-corrected chi connectivity index (χ4v) is 1.70. The van der Waals surface area contributed by atoms with E-state index in [4.69, 9.17) is 5.73 Å². The number of nitrogens with two attached hydrogens (primary N) is 1. The van der Waals surface area contributed by atoms with Gasteiger partial charge in [-0.3, -0.25) is 0 Å². The van der Waals surface area contributed by atoms with Crippen molar-refractivity contribution in [2.75, 3.05) is 24.2 Å². The molecule has 0 saturated heterocycles. The van der Waals surface area contributed by atoms with Crippen molar-refractivity contribution in [2.24, 2.45) is 0 Å². The van der Waals surface area contributed by atoms with E-state index in [0.29, 0.717) is 5.82 Å². The zero-order valence-electron chi connectivity index (χ0n) is 12.3. The lowest BCUT2D eigenvalue weighted by molar-refractivity contribution is 0.545. The smallest absolute Gasteiger partial charge is 0.138 e. The van der Waals surface area contributed by atoms with E-state index in [-0.39, 0.29) is 5.41 Å². The minimum Gasteiger partial charge on any atom is -0.384 e. The van der Waals surface area contributed by atoms with Crippen LogP contribution in [-0.2, 0) is 5.41 Å². The highest BCUT2D eigenvalue weighted by Crippen LogP contribution is 2.22. The van der Waals surface area contributed by atoms with E-state index in [1.165, 1.54) is 19.3 Å². The Morgan fingerprint density at radius 3 is 2.44 bits per heavy atom. The summed E-state index contributed by atoms with van der Waals surface area (Å²) in [6.07, 6.45) is 3.66. The summed E-state index contributed by atoms with van der Waals surface area (Å²) >= 11 is 0. The summed E-state index contributed by atoms with van der Waals surface area (Å²) in [7, 11) is 2.06. The number of hydrogen-bond acceptors (Lipinski definition) is 4. The zero-order chi connectivity index (χ0) is 13.8. The Balaban J connectivity index is 2.85. The highest BCUT2D eigenvalue weighted by atomic mass is 15.2. The molecule has 2 N–H and O–H groups in total. The molecule has 1 aromatic rings. The molecule has 0 aliphatic rings. The molecule has 1 aromatic heterocycles. The first-order chi connectivity index (χ1) is 8.34. The quantitative estimate of drug-likeness (QED) is 0.816. The molecule has 0 atom stereocenters. The Kier molecular flexibility index (Phi) is 4.93. The van der Waals surface area contributed by atoms with Crippen LogP contribution in [0, 0.1) is 0 Å². The standard InChI is InChI=1S/C14H26N4/c1-6-7-8-9-18(5)12-10-11(15)16-13(17-12)14(2,3)4/h10H,6-9H2,1-5H3,(H2,15,16,17). The minimum absolute atomic E-state index is 0.0750. The van der Waals surface area contributed by atoms with E-state index in [2.05, 4.69) is 49.6 Å². The number of nitrogens with zero attached hydrogens (tertiary/aromatic N) is 3. The third-order valence-corrected chi connectivity index (χ3v) is 2.89. The summed E-state index contributed by atoms with van der Waals surface area (Å²) in [5.74, 6) is 2.27. The van der Waals surface area contributed by atoms with Crippen molar-refractivity contribution in [1.82, 2.24) is 9.97 Å². The Hall–Kier alpha value is -1.32. The Morgan fingerprint density at radius 2 is 1.89 bits per heavy atom. The third kappa shape index (κ3) is 4.17. The van der Waals surface area contributed by atoms with E-state index in [1.54, 1.807) is 0 Å². The number of unbranched alkanes of at least 4 members (excludes halogenated alkanes) is 2. The van der Waals surface area contributed by atoms with Crippen molar-refractivity contribution in [2.45, 2.75) is 52.4 Å². The highest BCUT2D eigenvalue weighted by Gasteiger charge is 2.19. The Labute approximate surface area is 111 Å². The topological polar surface area (TPSA) is 55.0 Å². The lowest BCUT2D eigenvalue weighted by Gasteiger charge is -2.22. The predicted molar refractivity (Wildman–Crippen MR) is 77.9 cm³/mol. The van der Waals surface area contributed by atoms with E-state index >= 15 is 0 Å². The molecular formula is C14H26N4. The molecule has 0 saturated carbocycles. The second kappa shape index (κ2) is 6.03. The molecule has 0 bridgehead atoms. The number of aromatic nitrogens is 2. The molecule has 1 heterocycles. The molecule has 0 amide bonds. The van der Waals surface area contributed by atoms with Crippen molar-refractivity contribution in [1.29, 1.82) is 0 Å². The summed E-state index contributed by atoms with van der Waals surface area (Å²) < 4.78 is 0. The van der Waals surface area contributed by atoms with Gasteiger partial charge in [-0.05, 0) is 6.42 Å². The van der Waals surface area contributed by atoms with Crippen LogP contribution < -0.4 is 10.6 Å². The van der Waals surface area contributed by atoms with Gasteiger partial charge in [-0.15, -0.1) is 0 Å². The summed E-state index contributed by atoms with van der Waals surface area (Å²) in [4.78, 5) is 11.1. The summed E-state index contributed by atoms with van der Waals surface area (Å²) in [5.41, 5.74) is 5.80. The van der Waals surface area contributed by atoms with Crippen molar-refractivity contribution in [3.8, 4) is 0 Å². The van der Waals surface area contributed by atoms with Gasteiger partial charge in [-0.25, -0.2) is 9.97 Å². The van der Waals surface area contributed by atoms with Crippen LogP contribution in [0.15, 0.2) is 6.07 Å². The van der Waals surface area contributed by atoms with Crippen LogP contribution in [0.25, 0.3) is 0 Å². The van der Waals surface area contributed by atoms with Gasteiger partial charge in [0.15, 0.2) is 0 Å². The van der Waals surface area contributed by atoms with Gasteiger partial charge in [0, 0.05) is 25.1 Å². The summed E-state index contributed by atoms with van der Waals surface area (Å²) in [6, 6.07) is 1.85. The van der Waals surface area contributed by atoms with Gasteiger partial charge in [-0.2, -0.15) is 0 Å². The van der Waals surface area contributed by atoms with E-state index in [1.807, 2.05) is 6.07 Å². The number of hydrogen-bond donors (Lipinski definition) is 1. The summed E-state index contributed by atoms with van der Waals surface area (Å²) in [5, 5.41) is 0. The molecule has 0 spiro atoms. The van der Waals surface area contributed by atoms with Crippen LogP contribution in [0.3, 0.4) is 0 Å². The first-order valence-corrected chi connectivity index (χ1v) is 6.70. The second-order valence-corrected chi connectivity index (χ2v) is 5.85. The van der Waals surface area contributed by atoms with Gasteiger partial charge in [0.25, 0.3) is 0 Å². The lowest BCUT2D eigenvalue weighted by atomic mass is 9.96. The maximum Gasteiger partial charge on any atom is 0.138 e. The summed E-state index contributed by atoms with van der Waals surface area (Å²) in [6.45, 7) is 9.52. The van der Waals surface area contributed by atoms with Crippen LogP contribution in [-0.4, -0.2) is 23.6 Å². The molecule has 1 rings (SSSR count). The Morgan fingerprint density at radius 1 is 1.22 bits per heavy atom. The fourth-order valence-electron chi connectivity index (χ4n) is 1.70. The molecule has 0 aromatic carbocycles. The van der Waals surface area contributed by atoms with Crippen molar-refractivity contribution >= 4 is 11.6 Å². The number of rotatable bonds is 5. The van der Waals surface area contributed by atoms with Crippen LogP contribution in [0.1, 0.15) is 52.8 Å². The van der Waals surface area contributed by atoms with Gasteiger partial charge in [0.2, 0.25) is 0 Å². The van der Waals surface area contributed by atoms with Gasteiger partial charge in [-0.1, -0.05) is 40.5 Å². The van der Waals surface area contributed by atoms with E-state index < -0.39 is 0 Å². The van der Waals surface area contributed by atoms with Gasteiger partial charge >= 0.3 is 0 Å². The van der Waals surface area contributed by atoms with Gasteiger partial charge in [0.1, 0.15) is 17.5 Å². The van der Waals surface area contributed by atoms with Crippen LogP contribution in [0.2, 0.25) is 0 Å². The first kappa shape index (κ1) is 14.7. The highest BCUT2D eigenvalue weighted by molar-refractivity contribution is 5.47. The van der Waals surface area contributed by atoms with Crippen molar-refractivity contribution in [3.05, 3.63) is 11.9 Å². The van der Waals surface area contributed by atoms with E-state index in [0.717, 1.165) is 18.2 Å². The maximum atomic E-state index is 5.87. The molecule has 0 aliphatic carbocycles. The van der Waals surface area contributed by atoms with Crippen LogP contribution in [0.5, 0.6) is 0 Å². The zero-order valence-corrected chi connectivity index (χ0v) is 12.3.